The molecule has 4 heteroatoms. The molecule has 1 aliphatic rings. The number of carbonyl (C=O) groups excluding carboxylic acids is 1. The fourth-order valence-corrected chi connectivity index (χ4v) is 2.63. The minimum Gasteiger partial charge on any atom is -0.333 e. The van der Waals surface area contributed by atoms with Gasteiger partial charge in [0.25, 0.3) is 5.91 Å². The molecule has 1 aliphatic heterocycles. The third-order valence-corrected chi connectivity index (χ3v) is 3.76. The van der Waals surface area contributed by atoms with E-state index in [0.717, 1.165) is 30.6 Å². The number of nitrogens with one attached hydrogen (secondary N) is 1. The molecule has 0 spiro atoms. The van der Waals surface area contributed by atoms with E-state index < -0.39 is 0 Å². The zero-order valence-electron chi connectivity index (χ0n) is 11.5. The summed E-state index contributed by atoms with van der Waals surface area (Å²) in [5.74, 6) is 0.139. The molecule has 3 rings (SSSR count). The molecular formula is C16H19ClN2O. The average Bonchev–Trinajstić information content (AvgIpc) is 2.46. The van der Waals surface area contributed by atoms with Crippen molar-refractivity contribution in [3.05, 3.63) is 48.0 Å². The molecule has 1 fully saturated rings. The van der Waals surface area contributed by atoms with Crippen molar-refractivity contribution in [2.45, 2.75) is 13.0 Å². The Kier molecular flexibility index (Phi) is 4.63. The van der Waals surface area contributed by atoms with E-state index in [9.17, 15) is 4.79 Å². The molecular weight excluding hydrogens is 272 g/mol. The molecule has 1 N–H and O–H groups in total. The lowest BCUT2D eigenvalue weighted by atomic mass is 10.1. The molecule has 1 atom stereocenters. The SMILES string of the molecule is C[C@@H]1CNCCN1C(=O)c1ccc2ccccc2c1.Cl. The van der Waals surface area contributed by atoms with Crippen LogP contribution in [0.2, 0.25) is 0 Å². The Labute approximate surface area is 125 Å². The number of piperazine rings is 1. The average molecular weight is 291 g/mol. The van der Waals surface area contributed by atoms with Gasteiger partial charge in [0.1, 0.15) is 0 Å². The highest BCUT2D eigenvalue weighted by molar-refractivity contribution is 5.98. The predicted octanol–water partition coefficient (Wildman–Crippen LogP) is 2.70. The summed E-state index contributed by atoms with van der Waals surface area (Å²) in [4.78, 5) is 14.5. The van der Waals surface area contributed by atoms with Crippen molar-refractivity contribution < 1.29 is 4.79 Å². The number of halogens is 1. The van der Waals surface area contributed by atoms with Crippen molar-refractivity contribution >= 4 is 29.1 Å². The zero-order valence-corrected chi connectivity index (χ0v) is 12.3. The van der Waals surface area contributed by atoms with E-state index in [2.05, 4.69) is 18.3 Å². The number of hydrogen-bond acceptors (Lipinski definition) is 2. The summed E-state index contributed by atoms with van der Waals surface area (Å²) in [7, 11) is 0. The molecule has 1 amide bonds. The van der Waals surface area contributed by atoms with Gasteiger partial charge in [-0.3, -0.25) is 4.79 Å². The van der Waals surface area contributed by atoms with Crippen LogP contribution in [0.25, 0.3) is 10.8 Å². The van der Waals surface area contributed by atoms with Gasteiger partial charge in [0.2, 0.25) is 0 Å². The second kappa shape index (κ2) is 6.25. The Morgan fingerprint density at radius 2 is 1.95 bits per heavy atom. The Morgan fingerprint density at radius 1 is 1.20 bits per heavy atom. The maximum atomic E-state index is 12.6. The molecule has 0 saturated carbocycles. The third-order valence-electron chi connectivity index (χ3n) is 3.76. The molecule has 2 aromatic carbocycles. The van der Waals surface area contributed by atoms with Gasteiger partial charge in [-0.2, -0.15) is 0 Å². The largest absolute Gasteiger partial charge is 0.333 e. The second-order valence-electron chi connectivity index (χ2n) is 5.11. The van der Waals surface area contributed by atoms with Crippen molar-refractivity contribution in [3.8, 4) is 0 Å². The Balaban J connectivity index is 0.00000147. The Bertz CT molecular complexity index is 614. The lowest BCUT2D eigenvalue weighted by Crippen LogP contribution is -2.52. The fourth-order valence-electron chi connectivity index (χ4n) is 2.63. The van der Waals surface area contributed by atoms with E-state index in [4.69, 9.17) is 0 Å². The van der Waals surface area contributed by atoms with Crippen molar-refractivity contribution in [1.82, 2.24) is 10.2 Å². The minimum atomic E-state index is 0. The minimum absolute atomic E-state index is 0. The predicted molar refractivity (Wildman–Crippen MR) is 84.6 cm³/mol. The highest BCUT2D eigenvalue weighted by Gasteiger charge is 2.23. The van der Waals surface area contributed by atoms with Crippen LogP contribution < -0.4 is 5.32 Å². The molecule has 2 aromatic rings. The van der Waals surface area contributed by atoms with Crippen LogP contribution in [-0.2, 0) is 0 Å². The summed E-state index contributed by atoms with van der Waals surface area (Å²) in [6, 6.07) is 14.3. The van der Waals surface area contributed by atoms with Crippen LogP contribution in [0.1, 0.15) is 17.3 Å². The molecule has 20 heavy (non-hydrogen) atoms. The van der Waals surface area contributed by atoms with Crippen molar-refractivity contribution in [1.29, 1.82) is 0 Å². The highest BCUT2D eigenvalue weighted by atomic mass is 35.5. The lowest BCUT2D eigenvalue weighted by molar-refractivity contribution is 0.0656. The van der Waals surface area contributed by atoms with Gasteiger partial charge in [0, 0.05) is 31.2 Å². The Morgan fingerprint density at radius 3 is 2.70 bits per heavy atom. The normalized spacial score (nSPS) is 18.6. The van der Waals surface area contributed by atoms with Crippen molar-refractivity contribution in [2.24, 2.45) is 0 Å². The standard InChI is InChI=1S/C16H18N2O.ClH/c1-12-11-17-8-9-18(12)16(19)15-7-6-13-4-2-3-5-14(13)10-15;/h2-7,10,12,17H,8-9,11H2,1H3;1H/t12-;/m1./s1. The lowest BCUT2D eigenvalue weighted by Gasteiger charge is -2.34. The van der Waals surface area contributed by atoms with Gasteiger partial charge < -0.3 is 10.2 Å². The number of amides is 1. The monoisotopic (exact) mass is 290 g/mol. The van der Waals surface area contributed by atoms with Gasteiger partial charge >= 0.3 is 0 Å². The van der Waals surface area contributed by atoms with Crippen LogP contribution in [0.4, 0.5) is 0 Å². The van der Waals surface area contributed by atoms with Gasteiger partial charge in [-0.15, -0.1) is 12.4 Å². The molecule has 3 nitrogen and oxygen atoms in total. The number of fused-ring (bicyclic) bond motifs is 1. The van der Waals surface area contributed by atoms with Crippen LogP contribution >= 0.6 is 12.4 Å². The van der Waals surface area contributed by atoms with Crippen molar-refractivity contribution in [3.63, 3.8) is 0 Å². The summed E-state index contributed by atoms with van der Waals surface area (Å²) in [6.45, 7) is 4.63. The van der Waals surface area contributed by atoms with E-state index in [0.29, 0.717) is 0 Å². The first-order chi connectivity index (χ1) is 9.25. The van der Waals surface area contributed by atoms with E-state index in [1.807, 2.05) is 41.3 Å². The quantitative estimate of drug-likeness (QED) is 0.876. The van der Waals surface area contributed by atoms with E-state index >= 15 is 0 Å². The van der Waals surface area contributed by atoms with Gasteiger partial charge in [0.05, 0.1) is 0 Å². The van der Waals surface area contributed by atoms with Gasteiger partial charge in [0.15, 0.2) is 0 Å². The molecule has 1 saturated heterocycles. The number of carbonyl (C=O) groups is 1. The van der Waals surface area contributed by atoms with Crippen molar-refractivity contribution in [2.75, 3.05) is 19.6 Å². The Hall–Kier alpha value is -1.58. The van der Waals surface area contributed by atoms with Crippen LogP contribution in [-0.4, -0.2) is 36.5 Å². The van der Waals surface area contributed by atoms with E-state index in [-0.39, 0.29) is 24.4 Å². The highest BCUT2D eigenvalue weighted by Crippen LogP contribution is 2.18. The topological polar surface area (TPSA) is 32.3 Å². The molecule has 1 heterocycles. The van der Waals surface area contributed by atoms with Gasteiger partial charge in [-0.25, -0.2) is 0 Å². The molecule has 106 valence electrons. The number of hydrogen-bond donors (Lipinski definition) is 1. The third kappa shape index (κ3) is 2.79. The van der Waals surface area contributed by atoms with E-state index in [1.54, 1.807) is 0 Å². The van der Waals surface area contributed by atoms with E-state index in [1.165, 1.54) is 5.39 Å². The molecule has 0 aromatic heterocycles. The first kappa shape index (κ1) is 14.8. The van der Waals surface area contributed by atoms with Crippen LogP contribution in [0.3, 0.4) is 0 Å². The smallest absolute Gasteiger partial charge is 0.254 e. The molecule has 0 radical (unpaired) electrons. The second-order valence-corrected chi connectivity index (χ2v) is 5.11. The summed E-state index contributed by atoms with van der Waals surface area (Å²) in [5.41, 5.74) is 0.785. The van der Waals surface area contributed by atoms with Crippen LogP contribution in [0, 0.1) is 0 Å². The summed E-state index contributed by atoms with van der Waals surface area (Å²) in [6.07, 6.45) is 0. The maximum absolute atomic E-state index is 12.6. The molecule has 0 aliphatic carbocycles. The van der Waals surface area contributed by atoms with Gasteiger partial charge in [-0.05, 0) is 29.8 Å². The zero-order chi connectivity index (χ0) is 13.2. The van der Waals surface area contributed by atoms with Crippen LogP contribution in [0.5, 0.6) is 0 Å². The number of benzene rings is 2. The molecule has 0 bridgehead atoms. The first-order valence-electron chi connectivity index (χ1n) is 6.76. The van der Waals surface area contributed by atoms with Crippen LogP contribution in [0.15, 0.2) is 42.5 Å². The number of rotatable bonds is 1. The maximum Gasteiger partial charge on any atom is 0.254 e. The summed E-state index contributed by atoms with van der Waals surface area (Å²) >= 11 is 0. The van der Waals surface area contributed by atoms with Gasteiger partial charge in [-0.1, -0.05) is 30.3 Å². The summed E-state index contributed by atoms with van der Waals surface area (Å²) < 4.78 is 0. The first-order valence-corrected chi connectivity index (χ1v) is 6.76. The fraction of sp³-hybridized carbons (Fsp3) is 0.312. The number of nitrogens with zero attached hydrogens (tertiary/aromatic N) is 1. The molecule has 0 unspecified atom stereocenters. The summed E-state index contributed by atoms with van der Waals surface area (Å²) in [5, 5.41) is 5.60.